The highest BCUT2D eigenvalue weighted by atomic mass is 16.5. The minimum Gasteiger partial charge on any atom is -0.427 e. The van der Waals surface area contributed by atoms with E-state index in [1.807, 2.05) is 20.8 Å². The lowest BCUT2D eigenvalue weighted by atomic mass is 9.82. The van der Waals surface area contributed by atoms with E-state index in [1.165, 1.54) is 5.56 Å². The highest BCUT2D eigenvalue weighted by molar-refractivity contribution is 6.47. The Hall–Kier alpha value is -0.875. The highest BCUT2D eigenvalue weighted by Gasteiger charge is 2.35. The van der Waals surface area contributed by atoms with E-state index in [0.29, 0.717) is 13.4 Å². The van der Waals surface area contributed by atoms with Crippen LogP contribution in [0.3, 0.4) is 0 Å². The van der Waals surface area contributed by atoms with Gasteiger partial charge in [-0.1, -0.05) is 29.7 Å². The molecule has 0 radical (unpaired) electrons. The monoisotopic (exact) mass is 361 g/mol. The summed E-state index contributed by atoms with van der Waals surface area (Å²) in [5.74, 6) is 0.471. The Morgan fingerprint density at radius 2 is 1.73 bits per heavy atom. The van der Waals surface area contributed by atoms with Gasteiger partial charge in [-0.2, -0.15) is 0 Å². The number of benzene rings is 1. The third-order valence-electron chi connectivity index (χ3n) is 6.13. The molecule has 1 aromatic carbocycles. The zero-order valence-corrected chi connectivity index (χ0v) is 17.2. The van der Waals surface area contributed by atoms with E-state index in [0.717, 1.165) is 44.4 Å². The van der Waals surface area contributed by atoms with Crippen LogP contribution >= 0.6 is 0 Å². The third kappa shape index (κ3) is 6.09. The average molecular weight is 361 g/mol. The van der Waals surface area contributed by atoms with Crippen molar-refractivity contribution in [3.05, 3.63) is 29.8 Å². The van der Waals surface area contributed by atoms with E-state index >= 15 is 0 Å². The largest absolute Gasteiger partial charge is 0.427 e. The number of likely N-dealkylation sites (tertiary alicyclic amines) is 1. The molecule has 0 amide bonds. The molecular formula is C21H36BNO3. The van der Waals surface area contributed by atoms with E-state index in [2.05, 4.69) is 29.2 Å². The lowest BCUT2D eigenvalue weighted by Crippen LogP contribution is -2.49. The van der Waals surface area contributed by atoms with Gasteiger partial charge in [0, 0.05) is 6.54 Å². The maximum Gasteiger partial charge on any atom is 0.309 e. The molecule has 146 valence electrons. The van der Waals surface area contributed by atoms with Crippen LogP contribution in [-0.4, -0.2) is 59.5 Å². The number of hydrogen-bond donors (Lipinski definition) is 2. The van der Waals surface area contributed by atoms with Gasteiger partial charge in [0.1, 0.15) is 0 Å². The number of piperidine rings is 1. The number of nitrogens with zero attached hydrogens (tertiary/aromatic N) is 1. The number of hydrogen-bond acceptors (Lipinski definition) is 4. The molecule has 0 aliphatic carbocycles. The van der Waals surface area contributed by atoms with Crippen LogP contribution in [0.15, 0.2) is 24.3 Å². The summed E-state index contributed by atoms with van der Waals surface area (Å²) in [7, 11) is 0.504. The van der Waals surface area contributed by atoms with Gasteiger partial charge in [-0.05, 0) is 78.5 Å². The van der Waals surface area contributed by atoms with Crippen LogP contribution in [0.5, 0.6) is 0 Å². The van der Waals surface area contributed by atoms with Crippen molar-refractivity contribution in [2.45, 2.75) is 71.2 Å². The normalized spacial score (nSPS) is 18.7. The fourth-order valence-corrected chi connectivity index (χ4v) is 3.19. The van der Waals surface area contributed by atoms with E-state index in [-0.39, 0.29) is 6.10 Å². The van der Waals surface area contributed by atoms with Crippen molar-refractivity contribution in [2.24, 2.45) is 5.92 Å². The van der Waals surface area contributed by atoms with Gasteiger partial charge in [0.2, 0.25) is 0 Å². The van der Waals surface area contributed by atoms with Crippen LogP contribution in [0, 0.1) is 5.92 Å². The van der Waals surface area contributed by atoms with E-state index in [9.17, 15) is 10.2 Å². The maximum atomic E-state index is 10.2. The lowest BCUT2D eigenvalue weighted by Gasteiger charge is -2.37. The van der Waals surface area contributed by atoms with Gasteiger partial charge in [-0.3, -0.25) is 0 Å². The first-order chi connectivity index (χ1) is 12.1. The van der Waals surface area contributed by atoms with Crippen LogP contribution < -0.4 is 5.46 Å². The first kappa shape index (κ1) is 21.4. The molecular weight excluding hydrogens is 325 g/mol. The first-order valence-electron chi connectivity index (χ1n) is 9.93. The van der Waals surface area contributed by atoms with Crippen LogP contribution in [0.1, 0.15) is 53.0 Å². The molecule has 26 heavy (non-hydrogen) atoms. The number of aliphatic hydroxyl groups is 2. The molecule has 1 unspecified atom stereocenters. The number of aliphatic hydroxyl groups excluding tert-OH is 1. The molecule has 1 aliphatic rings. The van der Waals surface area contributed by atoms with E-state index < -0.39 is 11.2 Å². The molecule has 1 aliphatic heterocycles. The lowest BCUT2D eigenvalue weighted by molar-refractivity contribution is -0.0893. The minimum atomic E-state index is -0.881. The Morgan fingerprint density at radius 3 is 2.23 bits per heavy atom. The second-order valence-electron chi connectivity index (χ2n) is 8.84. The van der Waals surface area contributed by atoms with Crippen molar-refractivity contribution in [3.63, 3.8) is 0 Å². The van der Waals surface area contributed by atoms with Gasteiger partial charge in [-0.15, -0.1) is 0 Å². The van der Waals surface area contributed by atoms with Crippen LogP contribution in [0.4, 0.5) is 0 Å². The van der Waals surface area contributed by atoms with Gasteiger partial charge in [0.05, 0.1) is 17.3 Å². The molecule has 2 N–H and O–H groups in total. The van der Waals surface area contributed by atoms with Crippen molar-refractivity contribution in [2.75, 3.05) is 19.6 Å². The van der Waals surface area contributed by atoms with Crippen molar-refractivity contribution < 1.29 is 14.9 Å². The quantitative estimate of drug-likeness (QED) is 0.694. The standard InChI is InChI=1S/C21H36BNO3/c1-16(24)18-11-14-23(15-12-18)13-10-17-6-8-19(9-7-17)22-26-21(4,5)20(2,3)25/h6-9,16,18,22,24-25H,10-15H2,1-5H3. The Bertz CT molecular complexity index is 543. The topological polar surface area (TPSA) is 52.9 Å². The highest BCUT2D eigenvalue weighted by Crippen LogP contribution is 2.24. The Kier molecular flexibility index (Phi) is 7.31. The smallest absolute Gasteiger partial charge is 0.309 e. The molecule has 0 spiro atoms. The van der Waals surface area contributed by atoms with Crippen LogP contribution in [-0.2, 0) is 11.1 Å². The van der Waals surface area contributed by atoms with Crippen molar-refractivity contribution in [1.82, 2.24) is 4.90 Å². The van der Waals surface area contributed by atoms with Gasteiger partial charge in [0.15, 0.2) is 0 Å². The van der Waals surface area contributed by atoms with Gasteiger partial charge < -0.3 is 19.8 Å². The summed E-state index contributed by atoms with van der Waals surface area (Å²) in [6, 6.07) is 8.60. The van der Waals surface area contributed by atoms with Gasteiger partial charge in [0.25, 0.3) is 0 Å². The fourth-order valence-electron chi connectivity index (χ4n) is 3.19. The Balaban J connectivity index is 1.76. The molecule has 1 saturated heterocycles. The van der Waals surface area contributed by atoms with Crippen molar-refractivity contribution in [3.8, 4) is 0 Å². The third-order valence-corrected chi connectivity index (χ3v) is 6.13. The molecule has 1 fully saturated rings. The van der Waals surface area contributed by atoms with Crippen LogP contribution in [0.2, 0.25) is 0 Å². The molecule has 0 aromatic heterocycles. The molecule has 0 bridgehead atoms. The van der Waals surface area contributed by atoms with Gasteiger partial charge in [-0.25, -0.2) is 0 Å². The summed E-state index contributed by atoms with van der Waals surface area (Å²) in [6.45, 7) is 12.6. The summed E-state index contributed by atoms with van der Waals surface area (Å²) >= 11 is 0. The molecule has 1 heterocycles. The molecule has 4 nitrogen and oxygen atoms in total. The van der Waals surface area contributed by atoms with Crippen molar-refractivity contribution in [1.29, 1.82) is 0 Å². The number of rotatable bonds is 8. The predicted molar refractivity (Wildman–Crippen MR) is 109 cm³/mol. The zero-order chi connectivity index (χ0) is 19.4. The van der Waals surface area contributed by atoms with Crippen molar-refractivity contribution >= 4 is 12.9 Å². The molecule has 1 aromatic rings. The average Bonchev–Trinajstić information content (AvgIpc) is 2.58. The van der Waals surface area contributed by atoms with Gasteiger partial charge >= 0.3 is 7.48 Å². The summed E-state index contributed by atoms with van der Waals surface area (Å²) < 4.78 is 5.93. The van der Waals surface area contributed by atoms with E-state index in [1.54, 1.807) is 13.8 Å². The fraction of sp³-hybridized carbons (Fsp3) is 0.714. The second-order valence-corrected chi connectivity index (χ2v) is 8.84. The Morgan fingerprint density at radius 1 is 1.15 bits per heavy atom. The van der Waals surface area contributed by atoms with E-state index in [4.69, 9.17) is 4.65 Å². The van der Waals surface area contributed by atoms with Crippen LogP contribution in [0.25, 0.3) is 0 Å². The minimum absolute atomic E-state index is 0.173. The first-order valence-corrected chi connectivity index (χ1v) is 9.93. The maximum absolute atomic E-state index is 10.2. The predicted octanol–water partition coefficient (Wildman–Crippen LogP) is 1.86. The molecule has 1 atom stereocenters. The molecule has 0 saturated carbocycles. The summed E-state index contributed by atoms with van der Waals surface area (Å²) in [6.07, 6.45) is 3.08. The summed E-state index contributed by atoms with van der Waals surface area (Å²) in [5, 5.41) is 19.9. The summed E-state index contributed by atoms with van der Waals surface area (Å²) in [4.78, 5) is 2.50. The second kappa shape index (κ2) is 8.88. The zero-order valence-electron chi connectivity index (χ0n) is 17.2. The Labute approximate surface area is 159 Å². The summed E-state index contributed by atoms with van der Waals surface area (Å²) in [5.41, 5.74) is 0.995. The molecule has 2 rings (SSSR count). The molecule has 5 heteroatoms. The SMILES string of the molecule is CC(O)C1CCN(CCc2ccc(BOC(C)(C)C(C)(C)O)cc2)CC1.